The summed E-state index contributed by atoms with van der Waals surface area (Å²) in [7, 11) is 0. The minimum absolute atomic E-state index is 0.216. The molecule has 0 spiro atoms. The Morgan fingerprint density at radius 3 is 3.06 bits per heavy atom. The van der Waals surface area contributed by atoms with Crippen molar-refractivity contribution in [1.82, 2.24) is 0 Å². The molecule has 0 unspecified atom stereocenters. The van der Waals surface area contributed by atoms with E-state index in [1.54, 1.807) is 11.3 Å². The number of nitrogens with one attached hydrogen (secondary N) is 1. The molecule has 1 aromatic carbocycles. The van der Waals surface area contributed by atoms with Crippen LogP contribution in [0.3, 0.4) is 0 Å². The molecule has 16 heavy (non-hydrogen) atoms. The number of carboxylic acid groups (broad SMARTS) is 1. The molecule has 0 aliphatic rings. The fourth-order valence-corrected chi connectivity index (χ4v) is 2.32. The zero-order valence-electron chi connectivity index (χ0n) is 8.77. The van der Waals surface area contributed by atoms with Crippen molar-refractivity contribution in [2.45, 2.75) is 12.8 Å². The number of thiophene rings is 1. The smallest absolute Gasteiger partial charge is 0.303 e. The molecule has 0 atom stereocenters. The Labute approximate surface area is 97.7 Å². The Bertz CT molecular complexity index is 492. The second-order valence-corrected chi connectivity index (χ2v) is 4.54. The molecule has 0 radical (unpaired) electrons. The van der Waals surface area contributed by atoms with Gasteiger partial charge in [0.2, 0.25) is 0 Å². The highest BCUT2D eigenvalue weighted by Crippen LogP contribution is 2.23. The van der Waals surface area contributed by atoms with Crippen LogP contribution in [0.1, 0.15) is 12.8 Å². The van der Waals surface area contributed by atoms with Crippen LogP contribution in [-0.4, -0.2) is 17.6 Å². The quantitative estimate of drug-likeness (QED) is 0.782. The molecule has 84 valence electrons. The molecular formula is C12H13NO2S. The van der Waals surface area contributed by atoms with Crippen LogP contribution < -0.4 is 5.32 Å². The maximum absolute atomic E-state index is 10.3. The van der Waals surface area contributed by atoms with E-state index < -0.39 is 5.97 Å². The van der Waals surface area contributed by atoms with Crippen LogP contribution in [0.25, 0.3) is 10.1 Å². The molecule has 0 aliphatic carbocycles. The van der Waals surface area contributed by atoms with Gasteiger partial charge in [-0.1, -0.05) is 0 Å². The van der Waals surface area contributed by atoms with Gasteiger partial charge < -0.3 is 10.4 Å². The summed E-state index contributed by atoms with van der Waals surface area (Å²) in [5.74, 6) is -0.741. The molecule has 0 fully saturated rings. The fraction of sp³-hybridized carbons (Fsp3) is 0.250. The molecule has 0 bridgehead atoms. The Hall–Kier alpha value is -1.55. The van der Waals surface area contributed by atoms with Crippen molar-refractivity contribution in [2.24, 2.45) is 0 Å². The molecule has 0 amide bonds. The third-order valence-corrected chi connectivity index (χ3v) is 3.25. The largest absolute Gasteiger partial charge is 0.481 e. The molecule has 2 aromatic rings. The van der Waals surface area contributed by atoms with Gasteiger partial charge in [-0.2, -0.15) is 0 Å². The van der Waals surface area contributed by atoms with Crippen molar-refractivity contribution in [2.75, 3.05) is 11.9 Å². The number of hydrogen-bond acceptors (Lipinski definition) is 3. The lowest BCUT2D eigenvalue weighted by Gasteiger charge is -2.05. The van der Waals surface area contributed by atoms with Gasteiger partial charge in [-0.3, -0.25) is 4.79 Å². The van der Waals surface area contributed by atoms with Gasteiger partial charge in [0.15, 0.2) is 0 Å². The average molecular weight is 235 g/mol. The molecule has 2 rings (SSSR count). The first kappa shape index (κ1) is 11.0. The highest BCUT2D eigenvalue weighted by molar-refractivity contribution is 7.17. The molecule has 1 heterocycles. The van der Waals surface area contributed by atoms with E-state index in [9.17, 15) is 4.79 Å². The summed E-state index contributed by atoms with van der Waals surface area (Å²) in [6, 6.07) is 8.29. The van der Waals surface area contributed by atoms with E-state index in [-0.39, 0.29) is 6.42 Å². The van der Waals surface area contributed by atoms with Gasteiger partial charge in [-0.05, 0) is 41.5 Å². The zero-order valence-corrected chi connectivity index (χ0v) is 9.59. The van der Waals surface area contributed by atoms with Crippen molar-refractivity contribution in [3.05, 3.63) is 29.6 Å². The molecular weight excluding hydrogens is 222 g/mol. The van der Waals surface area contributed by atoms with Crippen LogP contribution in [0, 0.1) is 0 Å². The lowest BCUT2D eigenvalue weighted by Crippen LogP contribution is -2.04. The topological polar surface area (TPSA) is 49.3 Å². The highest BCUT2D eigenvalue weighted by atomic mass is 32.1. The molecule has 2 N–H and O–H groups in total. The lowest BCUT2D eigenvalue weighted by atomic mass is 10.2. The second-order valence-electron chi connectivity index (χ2n) is 3.60. The summed E-state index contributed by atoms with van der Waals surface area (Å²) in [6.45, 7) is 0.696. The van der Waals surface area contributed by atoms with E-state index in [2.05, 4.69) is 28.9 Å². The summed E-state index contributed by atoms with van der Waals surface area (Å²) >= 11 is 1.72. The molecule has 0 aliphatic heterocycles. The number of carbonyl (C=O) groups is 1. The van der Waals surface area contributed by atoms with Crippen LogP contribution >= 0.6 is 11.3 Å². The van der Waals surface area contributed by atoms with E-state index in [4.69, 9.17) is 5.11 Å². The van der Waals surface area contributed by atoms with E-state index in [0.29, 0.717) is 13.0 Å². The number of benzene rings is 1. The van der Waals surface area contributed by atoms with Crippen molar-refractivity contribution < 1.29 is 9.90 Å². The number of aliphatic carboxylic acids is 1. The first-order valence-electron chi connectivity index (χ1n) is 5.18. The average Bonchev–Trinajstić information content (AvgIpc) is 2.71. The van der Waals surface area contributed by atoms with Gasteiger partial charge in [0.1, 0.15) is 0 Å². The van der Waals surface area contributed by atoms with Crippen LogP contribution in [0.5, 0.6) is 0 Å². The maximum Gasteiger partial charge on any atom is 0.303 e. The lowest BCUT2D eigenvalue weighted by molar-refractivity contribution is -0.137. The van der Waals surface area contributed by atoms with Crippen molar-refractivity contribution in [3.63, 3.8) is 0 Å². The van der Waals surface area contributed by atoms with Crippen molar-refractivity contribution in [1.29, 1.82) is 0 Å². The van der Waals surface area contributed by atoms with E-state index in [1.165, 1.54) is 10.1 Å². The minimum Gasteiger partial charge on any atom is -0.481 e. The summed E-state index contributed by atoms with van der Waals surface area (Å²) in [4.78, 5) is 10.3. The van der Waals surface area contributed by atoms with E-state index in [1.807, 2.05) is 6.07 Å². The van der Waals surface area contributed by atoms with Crippen molar-refractivity contribution in [3.8, 4) is 0 Å². The number of carboxylic acids is 1. The number of fused-ring (bicyclic) bond motifs is 1. The molecule has 0 saturated heterocycles. The molecule has 3 nitrogen and oxygen atoms in total. The van der Waals surface area contributed by atoms with Crippen LogP contribution in [0.4, 0.5) is 5.69 Å². The maximum atomic E-state index is 10.3. The molecule has 0 saturated carbocycles. The molecule has 1 aromatic heterocycles. The van der Waals surface area contributed by atoms with Crippen LogP contribution in [-0.2, 0) is 4.79 Å². The summed E-state index contributed by atoms with van der Waals surface area (Å²) < 4.78 is 1.27. The number of hydrogen-bond donors (Lipinski definition) is 2. The normalized spacial score (nSPS) is 10.5. The van der Waals surface area contributed by atoms with Gasteiger partial charge in [0.05, 0.1) is 0 Å². The van der Waals surface area contributed by atoms with E-state index >= 15 is 0 Å². The summed E-state index contributed by atoms with van der Waals surface area (Å²) in [5.41, 5.74) is 1.05. The predicted octanol–water partition coefficient (Wildman–Crippen LogP) is 3.18. The Morgan fingerprint density at radius 1 is 1.38 bits per heavy atom. The highest BCUT2D eigenvalue weighted by Gasteiger charge is 1.98. The number of rotatable bonds is 5. The summed E-state index contributed by atoms with van der Waals surface area (Å²) in [5, 5.41) is 15.0. The van der Waals surface area contributed by atoms with Gasteiger partial charge >= 0.3 is 5.97 Å². The Kier molecular flexibility index (Phi) is 3.41. The fourth-order valence-electron chi connectivity index (χ4n) is 1.55. The second kappa shape index (κ2) is 4.99. The summed E-state index contributed by atoms with van der Waals surface area (Å²) in [6.07, 6.45) is 0.866. The van der Waals surface area contributed by atoms with Gasteiger partial charge in [0.25, 0.3) is 0 Å². The first-order chi connectivity index (χ1) is 7.75. The Morgan fingerprint density at radius 2 is 2.25 bits per heavy atom. The first-order valence-corrected chi connectivity index (χ1v) is 6.06. The molecule has 4 heteroatoms. The third-order valence-electron chi connectivity index (χ3n) is 2.35. The predicted molar refractivity (Wildman–Crippen MR) is 67.2 cm³/mol. The van der Waals surface area contributed by atoms with Crippen molar-refractivity contribution >= 4 is 33.1 Å². The SMILES string of the molecule is O=C(O)CCCNc1ccc2sccc2c1. The minimum atomic E-state index is -0.741. The zero-order chi connectivity index (χ0) is 11.4. The standard InChI is InChI=1S/C12H13NO2S/c14-12(15)2-1-6-13-10-3-4-11-9(8-10)5-7-16-11/h3-5,7-8,13H,1-2,6H2,(H,14,15). The van der Waals surface area contributed by atoms with Gasteiger partial charge in [-0.25, -0.2) is 0 Å². The number of anilines is 1. The van der Waals surface area contributed by atoms with Crippen LogP contribution in [0.15, 0.2) is 29.6 Å². The monoisotopic (exact) mass is 235 g/mol. The third kappa shape index (κ3) is 2.73. The van der Waals surface area contributed by atoms with Gasteiger partial charge in [0, 0.05) is 23.4 Å². The Balaban J connectivity index is 1.91. The van der Waals surface area contributed by atoms with Gasteiger partial charge in [-0.15, -0.1) is 11.3 Å². The van der Waals surface area contributed by atoms with E-state index in [0.717, 1.165) is 5.69 Å². The van der Waals surface area contributed by atoms with Crippen LogP contribution in [0.2, 0.25) is 0 Å².